The number of urea groups is 1. The molecule has 0 aliphatic heterocycles. The first-order chi connectivity index (χ1) is 13.9. The number of carbonyl (C=O) groups is 2. The monoisotopic (exact) mass is 394 g/mol. The standard InChI is InChI=1S/C19H18N6O4/c1-12(21-18(26)17-16(25(28)29)11-20-24-17)13-7-9-15(10-8-13)23-19(27)22-14-5-3-2-4-6-14/h2-12H,1H3,(H,20,24)(H,21,26)(H2,22,23,27). The zero-order valence-corrected chi connectivity index (χ0v) is 15.4. The highest BCUT2D eigenvalue weighted by atomic mass is 16.6. The third-order valence-corrected chi connectivity index (χ3v) is 4.09. The maximum Gasteiger partial charge on any atom is 0.323 e. The summed E-state index contributed by atoms with van der Waals surface area (Å²) in [5.41, 5.74) is 1.40. The molecule has 0 radical (unpaired) electrons. The number of hydrogen-bond acceptors (Lipinski definition) is 5. The van der Waals surface area contributed by atoms with E-state index in [0.717, 1.165) is 11.8 Å². The molecule has 0 saturated heterocycles. The van der Waals surface area contributed by atoms with Crippen LogP contribution in [0.1, 0.15) is 29.0 Å². The van der Waals surface area contributed by atoms with Crippen LogP contribution in [0.3, 0.4) is 0 Å². The van der Waals surface area contributed by atoms with Crippen LogP contribution >= 0.6 is 0 Å². The Bertz CT molecular complexity index is 1020. The van der Waals surface area contributed by atoms with Gasteiger partial charge in [-0.1, -0.05) is 30.3 Å². The molecule has 1 atom stereocenters. The van der Waals surface area contributed by atoms with Gasteiger partial charge < -0.3 is 16.0 Å². The highest BCUT2D eigenvalue weighted by Crippen LogP contribution is 2.19. The van der Waals surface area contributed by atoms with Gasteiger partial charge in [-0.15, -0.1) is 0 Å². The Morgan fingerprint density at radius 1 is 1.03 bits per heavy atom. The highest BCUT2D eigenvalue weighted by Gasteiger charge is 2.24. The smallest absolute Gasteiger partial charge is 0.323 e. The molecule has 4 N–H and O–H groups in total. The van der Waals surface area contributed by atoms with Gasteiger partial charge in [0.15, 0.2) is 0 Å². The van der Waals surface area contributed by atoms with E-state index in [-0.39, 0.29) is 11.7 Å². The van der Waals surface area contributed by atoms with E-state index in [4.69, 9.17) is 0 Å². The molecule has 10 heteroatoms. The predicted molar refractivity (Wildman–Crippen MR) is 107 cm³/mol. The normalized spacial score (nSPS) is 11.3. The molecule has 1 aromatic heterocycles. The lowest BCUT2D eigenvalue weighted by molar-refractivity contribution is -0.385. The summed E-state index contributed by atoms with van der Waals surface area (Å²) >= 11 is 0. The van der Waals surface area contributed by atoms with E-state index in [2.05, 4.69) is 26.1 Å². The van der Waals surface area contributed by atoms with E-state index in [0.29, 0.717) is 11.4 Å². The fraction of sp³-hybridized carbons (Fsp3) is 0.105. The van der Waals surface area contributed by atoms with Crippen LogP contribution in [0.4, 0.5) is 21.9 Å². The van der Waals surface area contributed by atoms with Crippen LogP contribution in [0.2, 0.25) is 0 Å². The molecule has 3 rings (SSSR count). The quantitative estimate of drug-likeness (QED) is 0.374. The Labute approximate surface area is 165 Å². The summed E-state index contributed by atoms with van der Waals surface area (Å²) in [5, 5.41) is 24.9. The summed E-state index contributed by atoms with van der Waals surface area (Å²) < 4.78 is 0. The molecule has 1 unspecified atom stereocenters. The summed E-state index contributed by atoms with van der Waals surface area (Å²) in [5.74, 6) is -0.633. The molecular weight excluding hydrogens is 376 g/mol. The number of rotatable bonds is 6. The van der Waals surface area contributed by atoms with Crippen LogP contribution in [-0.4, -0.2) is 27.1 Å². The molecule has 0 aliphatic rings. The number of benzene rings is 2. The second kappa shape index (κ2) is 8.65. The van der Waals surface area contributed by atoms with Gasteiger partial charge in [0.2, 0.25) is 5.69 Å². The third-order valence-electron chi connectivity index (χ3n) is 4.09. The number of aromatic amines is 1. The minimum atomic E-state index is -0.677. The molecule has 2 aromatic carbocycles. The Morgan fingerprint density at radius 3 is 2.28 bits per heavy atom. The first-order valence-corrected chi connectivity index (χ1v) is 8.65. The van der Waals surface area contributed by atoms with E-state index in [1.165, 1.54) is 0 Å². The van der Waals surface area contributed by atoms with Crippen LogP contribution in [0.5, 0.6) is 0 Å². The number of nitrogens with one attached hydrogen (secondary N) is 4. The molecule has 3 aromatic rings. The number of carbonyl (C=O) groups excluding carboxylic acids is 2. The van der Waals surface area contributed by atoms with Crippen molar-refractivity contribution in [2.45, 2.75) is 13.0 Å². The van der Waals surface area contributed by atoms with Gasteiger partial charge >= 0.3 is 11.7 Å². The van der Waals surface area contributed by atoms with Gasteiger partial charge in [0.25, 0.3) is 5.91 Å². The molecule has 148 valence electrons. The molecule has 29 heavy (non-hydrogen) atoms. The number of amides is 3. The summed E-state index contributed by atoms with van der Waals surface area (Å²) in [6.07, 6.45) is 0.987. The number of para-hydroxylation sites is 1. The van der Waals surface area contributed by atoms with Crippen molar-refractivity contribution in [2.24, 2.45) is 0 Å². The molecule has 0 fully saturated rings. The maximum atomic E-state index is 12.2. The van der Waals surface area contributed by atoms with E-state index in [9.17, 15) is 19.7 Å². The molecule has 1 heterocycles. The zero-order chi connectivity index (χ0) is 20.8. The Hall–Kier alpha value is -4.21. The lowest BCUT2D eigenvalue weighted by Gasteiger charge is -2.14. The van der Waals surface area contributed by atoms with E-state index in [1.807, 2.05) is 18.2 Å². The van der Waals surface area contributed by atoms with Crippen molar-refractivity contribution in [3.05, 3.63) is 82.2 Å². The SMILES string of the molecule is CC(NC(=O)c1[nH]ncc1[N+](=O)[O-])c1ccc(NC(=O)Nc2ccccc2)cc1. The van der Waals surface area contributed by atoms with Crippen LogP contribution in [-0.2, 0) is 0 Å². The van der Waals surface area contributed by atoms with Crippen LogP contribution in [0.15, 0.2) is 60.8 Å². The lowest BCUT2D eigenvalue weighted by Crippen LogP contribution is -2.27. The molecule has 0 bridgehead atoms. The van der Waals surface area contributed by atoms with Crippen molar-refractivity contribution in [3.63, 3.8) is 0 Å². The van der Waals surface area contributed by atoms with Crippen molar-refractivity contribution in [1.82, 2.24) is 15.5 Å². The molecule has 0 saturated carbocycles. The summed E-state index contributed by atoms with van der Waals surface area (Å²) in [6.45, 7) is 1.74. The van der Waals surface area contributed by atoms with Crippen LogP contribution < -0.4 is 16.0 Å². The van der Waals surface area contributed by atoms with Crippen molar-refractivity contribution in [1.29, 1.82) is 0 Å². The number of nitro groups is 1. The van der Waals surface area contributed by atoms with E-state index < -0.39 is 22.6 Å². The second-order valence-corrected chi connectivity index (χ2v) is 6.15. The zero-order valence-electron chi connectivity index (χ0n) is 15.4. The Morgan fingerprint density at radius 2 is 1.66 bits per heavy atom. The van der Waals surface area contributed by atoms with Crippen molar-refractivity contribution < 1.29 is 14.5 Å². The summed E-state index contributed by atoms with van der Waals surface area (Å²) in [4.78, 5) is 34.5. The number of aromatic nitrogens is 2. The number of H-pyrrole nitrogens is 1. The van der Waals surface area contributed by atoms with Crippen LogP contribution in [0.25, 0.3) is 0 Å². The van der Waals surface area contributed by atoms with Crippen molar-refractivity contribution in [3.8, 4) is 0 Å². The summed E-state index contributed by atoms with van der Waals surface area (Å²) in [7, 11) is 0. The molecule has 0 spiro atoms. The highest BCUT2D eigenvalue weighted by molar-refractivity contribution is 5.99. The van der Waals surface area contributed by atoms with Crippen LogP contribution in [0, 0.1) is 10.1 Å². The number of hydrogen-bond donors (Lipinski definition) is 4. The molecule has 10 nitrogen and oxygen atoms in total. The minimum absolute atomic E-state index is 0.210. The molecular formula is C19H18N6O4. The van der Waals surface area contributed by atoms with Gasteiger partial charge in [-0.2, -0.15) is 5.10 Å². The van der Waals surface area contributed by atoms with Gasteiger partial charge in [-0.25, -0.2) is 4.79 Å². The maximum absolute atomic E-state index is 12.2. The molecule has 3 amide bonds. The van der Waals surface area contributed by atoms with Crippen molar-refractivity contribution >= 4 is 29.0 Å². The number of nitrogens with zero attached hydrogens (tertiary/aromatic N) is 2. The first kappa shape index (κ1) is 19.5. The number of anilines is 2. The van der Waals surface area contributed by atoms with E-state index >= 15 is 0 Å². The fourth-order valence-electron chi connectivity index (χ4n) is 2.61. The second-order valence-electron chi connectivity index (χ2n) is 6.15. The largest absolute Gasteiger partial charge is 0.344 e. The average Bonchev–Trinajstić information content (AvgIpc) is 3.19. The van der Waals surface area contributed by atoms with Gasteiger partial charge in [-0.3, -0.25) is 20.0 Å². The fourth-order valence-corrected chi connectivity index (χ4v) is 2.61. The summed E-state index contributed by atoms with van der Waals surface area (Å²) in [6, 6.07) is 15.1. The van der Waals surface area contributed by atoms with Gasteiger partial charge in [0.1, 0.15) is 6.20 Å². The topological polar surface area (TPSA) is 142 Å². The molecule has 0 aliphatic carbocycles. The average molecular weight is 394 g/mol. The van der Waals surface area contributed by atoms with Gasteiger partial charge in [0.05, 0.1) is 11.0 Å². The Kier molecular flexibility index (Phi) is 5.83. The predicted octanol–water partition coefficient (Wildman–Crippen LogP) is 3.45. The lowest BCUT2D eigenvalue weighted by atomic mass is 10.1. The Balaban J connectivity index is 1.59. The third kappa shape index (κ3) is 4.95. The first-order valence-electron chi connectivity index (χ1n) is 8.65. The van der Waals surface area contributed by atoms with Crippen molar-refractivity contribution in [2.75, 3.05) is 10.6 Å². The minimum Gasteiger partial charge on any atom is -0.344 e. The van der Waals surface area contributed by atoms with Gasteiger partial charge in [-0.05, 0) is 36.8 Å². The van der Waals surface area contributed by atoms with E-state index in [1.54, 1.807) is 43.3 Å². The van der Waals surface area contributed by atoms with Gasteiger partial charge in [0, 0.05) is 11.4 Å².